The first-order chi connectivity index (χ1) is 17.4. The molecule has 0 saturated heterocycles. The second-order valence-electron chi connectivity index (χ2n) is 9.36. The SMILES string of the molecule is [2H]C([2H])([2H])C(n1nc(-c2ccc(C(C)C(=O)Nc3cc(CC(C)(C)C)no3)cc2)c(C#N)c1N)C(F)(F)F. The number of benzene rings is 1. The summed E-state index contributed by atoms with van der Waals surface area (Å²) in [4.78, 5) is 12.7. The van der Waals surface area contributed by atoms with Crippen molar-refractivity contribution in [1.82, 2.24) is 14.9 Å². The summed E-state index contributed by atoms with van der Waals surface area (Å²) in [6.45, 7) is 4.28. The standard InChI is InChI=1S/C24H27F3N6O2/c1-13(22(34)30-19-10-17(32-35-19)11-23(3,4)5)15-6-8-16(9-7-15)20-18(12-28)21(29)33(31-20)14(2)24(25,26)27/h6-10,13-14H,11,29H2,1-5H3,(H,30,34)/i2D3. The minimum atomic E-state index is -5.20. The number of hydrogen-bond acceptors (Lipinski definition) is 6. The summed E-state index contributed by atoms with van der Waals surface area (Å²) in [6.07, 6.45) is -4.54. The van der Waals surface area contributed by atoms with Gasteiger partial charge in [-0.05, 0) is 31.2 Å². The van der Waals surface area contributed by atoms with Crippen LogP contribution in [0.15, 0.2) is 34.9 Å². The van der Waals surface area contributed by atoms with Crippen molar-refractivity contribution in [2.75, 3.05) is 11.1 Å². The second-order valence-corrected chi connectivity index (χ2v) is 9.36. The van der Waals surface area contributed by atoms with E-state index < -0.39 is 36.4 Å². The average Bonchev–Trinajstić information content (AvgIpc) is 3.33. The molecule has 3 aromatic rings. The van der Waals surface area contributed by atoms with Gasteiger partial charge in [0.15, 0.2) is 0 Å². The Kier molecular flexibility index (Phi) is 5.86. The molecule has 3 N–H and O–H groups in total. The normalized spacial score (nSPS) is 15.4. The van der Waals surface area contributed by atoms with E-state index in [-0.39, 0.29) is 33.1 Å². The van der Waals surface area contributed by atoms with Crippen LogP contribution in [0.1, 0.15) is 67.4 Å². The number of nitriles is 1. The van der Waals surface area contributed by atoms with Gasteiger partial charge in [0.2, 0.25) is 11.8 Å². The number of nitrogens with zero attached hydrogens (tertiary/aromatic N) is 4. The lowest BCUT2D eigenvalue weighted by Crippen LogP contribution is -2.25. The summed E-state index contributed by atoms with van der Waals surface area (Å²) in [5, 5.41) is 19.9. The molecule has 2 heterocycles. The molecule has 0 bridgehead atoms. The number of nitrogen functional groups attached to an aromatic ring is 1. The van der Waals surface area contributed by atoms with Crippen LogP contribution in [0.2, 0.25) is 0 Å². The van der Waals surface area contributed by atoms with Crippen LogP contribution in [0.5, 0.6) is 0 Å². The van der Waals surface area contributed by atoms with Crippen LogP contribution >= 0.6 is 0 Å². The predicted octanol–water partition coefficient (Wildman–Crippen LogP) is 5.45. The number of rotatable bonds is 6. The summed E-state index contributed by atoms with van der Waals surface area (Å²) in [5.41, 5.74) is 6.60. The third-order valence-corrected chi connectivity index (χ3v) is 5.21. The van der Waals surface area contributed by atoms with E-state index in [0.29, 0.717) is 17.7 Å². The molecule has 0 radical (unpaired) electrons. The molecule has 0 aliphatic carbocycles. The maximum Gasteiger partial charge on any atom is 0.410 e. The minimum absolute atomic E-state index is 0.0144. The fourth-order valence-electron chi connectivity index (χ4n) is 3.40. The number of nitrogens with one attached hydrogen (secondary N) is 1. The Labute approximate surface area is 205 Å². The summed E-state index contributed by atoms with van der Waals surface area (Å²) in [6, 6.07) is 6.33. The molecule has 2 unspecified atom stereocenters. The minimum Gasteiger partial charge on any atom is -0.383 e. The Bertz CT molecular complexity index is 1340. The molecular formula is C24H27F3N6O2. The second kappa shape index (κ2) is 9.44. The number of hydrogen-bond donors (Lipinski definition) is 2. The van der Waals surface area contributed by atoms with Gasteiger partial charge in [-0.2, -0.15) is 23.5 Å². The molecule has 8 nitrogen and oxygen atoms in total. The highest BCUT2D eigenvalue weighted by molar-refractivity contribution is 5.94. The molecule has 2 atom stereocenters. The molecule has 0 spiro atoms. The molecule has 1 amide bonds. The zero-order chi connectivity index (χ0) is 28.6. The number of alkyl halides is 3. The Hall–Kier alpha value is -3.81. The lowest BCUT2D eigenvalue weighted by molar-refractivity contribution is -0.164. The van der Waals surface area contributed by atoms with Gasteiger partial charge in [0, 0.05) is 15.7 Å². The number of amides is 1. The van der Waals surface area contributed by atoms with E-state index >= 15 is 0 Å². The van der Waals surface area contributed by atoms with Gasteiger partial charge in [0.05, 0.1) is 11.6 Å². The first-order valence-electron chi connectivity index (χ1n) is 12.1. The van der Waals surface area contributed by atoms with E-state index in [9.17, 15) is 23.2 Å². The quantitative estimate of drug-likeness (QED) is 0.473. The maximum atomic E-state index is 13.6. The lowest BCUT2D eigenvalue weighted by atomic mass is 9.91. The molecule has 11 heteroatoms. The fourth-order valence-corrected chi connectivity index (χ4v) is 3.40. The van der Waals surface area contributed by atoms with Gasteiger partial charge in [0.1, 0.15) is 29.2 Å². The largest absolute Gasteiger partial charge is 0.410 e. The fraction of sp³-hybridized carbons (Fsp3) is 0.417. The van der Waals surface area contributed by atoms with Gasteiger partial charge >= 0.3 is 6.18 Å². The van der Waals surface area contributed by atoms with Crippen molar-refractivity contribution in [3.63, 3.8) is 0 Å². The van der Waals surface area contributed by atoms with E-state index in [2.05, 4.69) is 15.6 Å². The smallest absolute Gasteiger partial charge is 0.383 e. The van der Waals surface area contributed by atoms with Crippen LogP contribution in [0, 0.1) is 16.7 Å². The lowest BCUT2D eigenvalue weighted by Gasteiger charge is -2.17. The third-order valence-electron chi connectivity index (χ3n) is 5.21. The van der Waals surface area contributed by atoms with Gasteiger partial charge in [-0.25, -0.2) is 4.68 Å². The molecule has 186 valence electrons. The monoisotopic (exact) mass is 491 g/mol. The molecule has 0 aliphatic rings. The maximum absolute atomic E-state index is 13.6. The van der Waals surface area contributed by atoms with Crippen molar-refractivity contribution >= 4 is 17.6 Å². The Morgan fingerprint density at radius 1 is 1.31 bits per heavy atom. The predicted molar refractivity (Wildman–Crippen MR) is 124 cm³/mol. The van der Waals surface area contributed by atoms with Gasteiger partial charge in [-0.3, -0.25) is 10.1 Å². The highest BCUT2D eigenvalue weighted by atomic mass is 19.4. The highest BCUT2D eigenvalue weighted by Gasteiger charge is 2.40. The molecule has 0 aliphatic heterocycles. The van der Waals surface area contributed by atoms with Crippen molar-refractivity contribution < 1.29 is 26.6 Å². The van der Waals surface area contributed by atoms with Crippen LogP contribution in [0.25, 0.3) is 11.3 Å². The van der Waals surface area contributed by atoms with E-state index in [4.69, 9.17) is 14.4 Å². The number of aromatic nitrogens is 3. The van der Waals surface area contributed by atoms with Crippen LogP contribution < -0.4 is 11.1 Å². The summed E-state index contributed by atoms with van der Waals surface area (Å²) < 4.78 is 68.0. The summed E-state index contributed by atoms with van der Waals surface area (Å²) >= 11 is 0. The van der Waals surface area contributed by atoms with Crippen LogP contribution in [-0.4, -0.2) is 27.0 Å². The highest BCUT2D eigenvalue weighted by Crippen LogP contribution is 2.35. The van der Waals surface area contributed by atoms with Crippen molar-refractivity contribution in [2.45, 2.75) is 59.1 Å². The molecule has 0 fully saturated rings. The Balaban J connectivity index is 1.84. The van der Waals surface area contributed by atoms with Crippen molar-refractivity contribution in [3.05, 3.63) is 47.2 Å². The van der Waals surface area contributed by atoms with Gasteiger partial charge in [-0.1, -0.05) is 50.2 Å². The molecule has 35 heavy (non-hydrogen) atoms. The number of nitrogens with two attached hydrogens (primary N) is 1. The number of carbonyl (C=O) groups excluding carboxylic acids is 1. The topological polar surface area (TPSA) is 123 Å². The molecular weight excluding hydrogens is 461 g/mol. The van der Waals surface area contributed by atoms with E-state index in [1.807, 2.05) is 20.8 Å². The number of halogens is 3. The Morgan fingerprint density at radius 2 is 1.97 bits per heavy atom. The van der Waals surface area contributed by atoms with Crippen molar-refractivity contribution in [2.24, 2.45) is 5.41 Å². The van der Waals surface area contributed by atoms with E-state index in [1.165, 1.54) is 12.1 Å². The molecule has 1 aromatic carbocycles. The van der Waals surface area contributed by atoms with Crippen molar-refractivity contribution in [1.29, 1.82) is 5.26 Å². The summed E-state index contributed by atoms with van der Waals surface area (Å²) in [7, 11) is 0. The molecule has 3 rings (SSSR count). The average molecular weight is 492 g/mol. The van der Waals surface area contributed by atoms with Gasteiger partial charge in [-0.15, -0.1) is 0 Å². The van der Waals surface area contributed by atoms with Crippen molar-refractivity contribution in [3.8, 4) is 17.3 Å². The molecule has 2 aromatic heterocycles. The summed E-state index contributed by atoms with van der Waals surface area (Å²) in [5.74, 6) is -1.54. The first kappa shape index (κ1) is 21.7. The van der Waals surface area contributed by atoms with E-state index in [0.717, 1.165) is 0 Å². The first-order valence-corrected chi connectivity index (χ1v) is 10.6. The third kappa shape index (κ3) is 5.82. The van der Waals surface area contributed by atoms with E-state index in [1.54, 1.807) is 31.2 Å². The number of carbonyl (C=O) groups is 1. The zero-order valence-electron chi connectivity index (χ0n) is 22.6. The molecule has 0 saturated carbocycles. The zero-order valence-corrected chi connectivity index (χ0v) is 19.6. The van der Waals surface area contributed by atoms with Gasteiger partial charge < -0.3 is 10.3 Å². The van der Waals surface area contributed by atoms with Crippen LogP contribution in [0.3, 0.4) is 0 Å². The Morgan fingerprint density at radius 3 is 2.51 bits per heavy atom. The van der Waals surface area contributed by atoms with Gasteiger partial charge in [0.25, 0.3) is 0 Å². The number of anilines is 2. The van der Waals surface area contributed by atoms with Crippen LogP contribution in [-0.2, 0) is 11.2 Å². The van der Waals surface area contributed by atoms with Crippen LogP contribution in [0.4, 0.5) is 24.9 Å².